The molecule has 0 aliphatic carbocycles. The molecule has 0 radical (unpaired) electrons. The van der Waals surface area contributed by atoms with Crippen LogP contribution in [0.3, 0.4) is 0 Å². The number of hydrogen-bond donors (Lipinski definition) is 1. The van der Waals surface area contributed by atoms with E-state index >= 15 is 0 Å². The predicted octanol–water partition coefficient (Wildman–Crippen LogP) is 4.17. The Hall–Kier alpha value is -1.13. The fourth-order valence-corrected chi connectivity index (χ4v) is 2.81. The van der Waals surface area contributed by atoms with E-state index in [1.807, 2.05) is 0 Å². The van der Waals surface area contributed by atoms with Crippen LogP contribution >= 0.6 is 28.2 Å². The number of benzene rings is 2. The summed E-state index contributed by atoms with van der Waals surface area (Å²) >= 11 is 4.84. The normalized spacial score (nSPS) is 14.3. The van der Waals surface area contributed by atoms with E-state index in [1.54, 1.807) is 6.26 Å². The molecule has 4 heteroatoms. The average molecular weight is 308 g/mol. The van der Waals surface area contributed by atoms with Gasteiger partial charge in [-0.1, -0.05) is 40.2 Å². The highest BCUT2D eigenvalue weighted by Crippen LogP contribution is 2.26. The highest BCUT2D eigenvalue weighted by atomic mass is 79.9. The molecule has 0 unspecified atom stereocenters. The summed E-state index contributed by atoms with van der Waals surface area (Å²) in [5.74, 6) is 0. The number of nitrogens with one attached hydrogen (secondary N) is 1. The minimum atomic E-state index is 0.865. The van der Waals surface area contributed by atoms with Gasteiger partial charge in [-0.05, 0) is 28.5 Å². The molecule has 0 amide bonds. The van der Waals surface area contributed by atoms with Crippen LogP contribution in [-0.4, -0.2) is 0 Å². The standard InChI is InChI=1S/C13H10BrNOS/c14-13-3-1-2-10-5-4-9(7-12(10)13)6-11-8-16-17-15-11/h1-5,7-8,15H,6H2. The molecule has 2 nitrogen and oxygen atoms in total. The van der Waals surface area contributed by atoms with Gasteiger partial charge in [0.1, 0.15) is 6.26 Å². The van der Waals surface area contributed by atoms with Gasteiger partial charge in [0, 0.05) is 10.9 Å². The quantitative estimate of drug-likeness (QED) is 0.664. The second-order valence-electron chi connectivity index (χ2n) is 3.90. The maximum Gasteiger partial charge on any atom is 0.175 e. The number of halogens is 1. The van der Waals surface area contributed by atoms with Crippen molar-refractivity contribution in [2.75, 3.05) is 0 Å². The topological polar surface area (TPSA) is 21.3 Å². The van der Waals surface area contributed by atoms with Gasteiger partial charge in [-0.2, -0.15) is 0 Å². The lowest BCUT2D eigenvalue weighted by atomic mass is 10.0. The van der Waals surface area contributed by atoms with E-state index in [-0.39, 0.29) is 0 Å². The van der Waals surface area contributed by atoms with Gasteiger partial charge in [0.05, 0.1) is 5.70 Å². The predicted molar refractivity (Wildman–Crippen MR) is 75.2 cm³/mol. The van der Waals surface area contributed by atoms with Crippen molar-refractivity contribution in [1.29, 1.82) is 0 Å². The van der Waals surface area contributed by atoms with Crippen LogP contribution < -0.4 is 4.72 Å². The summed E-state index contributed by atoms with van der Waals surface area (Å²) in [5, 5.41) is 2.50. The van der Waals surface area contributed by atoms with E-state index in [0.717, 1.165) is 16.6 Å². The van der Waals surface area contributed by atoms with Crippen LogP contribution in [0.2, 0.25) is 0 Å². The summed E-state index contributed by atoms with van der Waals surface area (Å²) in [6.07, 6.45) is 2.62. The van der Waals surface area contributed by atoms with Crippen molar-refractivity contribution >= 4 is 38.9 Å². The minimum Gasteiger partial charge on any atom is -0.412 e. The Kier molecular flexibility index (Phi) is 2.99. The Morgan fingerprint density at radius 1 is 1.24 bits per heavy atom. The van der Waals surface area contributed by atoms with Crippen molar-refractivity contribution in [1.82, 2.24) is 4.72 Å². The van der Waals surface area contributed by atoms with Crippen LogP contribution in [0.5, 0.6) is 0 Å². The van der Waals surface area contributed by atoms with E-state index in [2.05, 4.69) is 57.1 Å². The third-order valence-electron chi connectivity index (χ3n) is 2.70. The Bertz CT molecular complexity index is 597. The molecule has 0 saturated heterocycles. The Morgan fingerprint density at radius 2 is 2.18 bits per heavy atom. The molecule has 0 bridgehead atoms. The van der Waals surface area contributed by atoms with Crippen molar-refractivity contribution in [2.45, 2.75) is 6.42 Å². The fourth-order valence-electron chi connectivity index (χ4n) is 1.87. The van der Waals surface area contributed by atoms with Crippen molar-refractivity contribution < 1.29 is 4.18 Å². The lowest BCUT2D eigenvalue weighted by Gasteiger charge is -2.05. The van der Waals surface area contributed by atoms with Crippen LogP contribution in [0.1, 0.15) is 5.56 Å². The maximum atomic E-state index is 5.07. The zero-order valence-electron chi connectivity index (χ0n) is 8.94. The molecule has 0 atom stereocenters. The second kappa shape index (κ2) is 4.63. The molecular formula is C13H10BrNOS. The number of fused-ring (bicyclic) bond motifs is 1. The first-order valence-corrected chi connectivity index (χ1v) is 6.81. The highest BCUT2D eigenvalue weighted by molar-refractivity contribution is 9.10. The molecule has 1 N–H and O–H groups in total. The van der Waals surface area contributed by atoms with Crippen LogP contribution in [-0.2, 0) is 10.6 Å². The molecule has 17 heavy (non-hydrogen) atoms. The fraction of sp³-hybridized carbons (Fsp3) is 0.0769. The smallest absolute Gasteiger partial charge is 0.175 e. The zero-order valence-corrected chi connectivity index (χ0v) is 11.3. The van der Waals surface area contributed by atoms with E-state index in [9.17, 15) is 0 Å². The molecule has 1 aliphatic rings. The molecule has 0 spiro atoms. The summed E-state index contributed by atoms with van der Waals surface area (Å²) in [5.41, 5.74) is 2.37. The Morgan fingerprint density at radius 3 is 3.00 bits per heavy atom. The molecule has 2 aromatic carbocycles. The summed E-state index contributed by atoms with van der Waals surface area (Å²) < 4.78 is 9.32. The van der Waals surface area contributed by atoms with Gasteiger partial charge in [0.25, 0.3) is 0 Å². The lowest BCUT2D eigenvalue weighted by Crippen LogP contribution is -2.00. The molecule has 1 aliphatic heterocycles. The van der Waals surface area contributed by atoms with Crippen molar-refractivity contribution in [2.24, 2.45) is 0 Å². The average Bonchev–Trinajstić information content (AvgIpc) is 2.83. The Labute approximate surface area is 113 Å². The van der Waals surface area contributed by atoms with Crippen LogP contribution in [0, 0.1) is 0 Å². The monoisotopic (exact) mass is 307 g/mol. The highest BCUT2D eigenvalue weighted by Gasteiger charge is 2.07. The first-order valence-electron chi connectivity index (χ1n) is 5.27. The molecule has 86 valence electrons. The molecular weight excluding hydrogens is 298 g/mol. The van der Waals surface area contributed by atoms with Crippen LogP contribution in [0.25, 0.3) is 10.8 Å². The summed E-state index contributed by atoms with van der Waals surface area (Å²) in [6, 6.07) is 12.8. The number of hydrogen-bond acceptors (Lipinski definition) is 3. The number of allylic oxidation sites excluding steroid dienone is 1. The lowest BCUT2D eigenvalue weighted by molar-refractivity contribution is 0.574. The number of rotatable bonds is 2. The van der Waals surface area contributed by atoms with Gasteiger partial charge in [-0.25, -0.2) is 0 Å². The van der Waals surface area contributed by atoms with Crippen molar-refractivity contribution in [3.05, 3.63) is 58.4 Å². The van der Waals surface area contributed by atoms with Gasteiger partial charge >= 0.3 is 0 Å². The summed E-state index contributed by atoms with van der Waals surface area (Å²) in [6.45, 7) is 0. The van der Waals surface area contributed by atoms with E-state index in [1.165, 1.54) is 28.6 Å². The molecule has 0 saturated carbocycles. The van der Waals surface area contributed by atoms with E-state index in [0.29, 0.717) is 0 Å². The SMILES string of the molecule is Brc1cccc2ccc(CC3=COSN3)cc12. The zero-order chi connectivity index (χ0) is 11.7. The van der Waals surface area contributed by atoms with Crippen molar-refractivity contribution in [3.8, 4) is 0 Å². The maximum absolute atomic E-state index is 5.07. The Balaban J connectivity index is 1.98. The molecule has 0 fully saturated rings. The minimum absolute atomic E-state index is 0.865. The van der Waals surface area contributed by atoms with Gasteiger partial charge in [0.15, 0.2) is 12.2 Å². The molecule has 3 rings (SSSR count). The first-order chi connectivity index (χ1) is 8.33. The van der Waals surface area contributed by atoms with E-state index < -0.39 is 0 Å². The van der Waals surface area contributed by atoms with Gasteiger partial charge < -0.3 is 4.18 Å². The molecule has 2 aromatic rings. The van der Waals surface area contributed by atoms with Gasteiger partial charge in [0.2, 0.25) is 0 Å². The van der Waals surface area contributed by atoms with Crippen LogP contribution in [0.15, 0.2) is 52.8 Å². The summed E-state index contributed by atoms with van der Waals surface area (Å²) in [7, 11) is 0. The van der Waals surface area contributed by atoms with Crippen molar-refractivity contribution in [3.63, 3.8) is 0 Å². The van der Waals surface area contributed by atoms with E-state index in [4.69, 9.17) is 4.18 Å². The summed E-state index contributed by atoms with van der Waals surface area (Å²) in [4.78, 5) is 0. The molecule has 1 heterocycles. The first kappa shape index (κ1) is 11.0. The van der Waals surface area contributed by atoms with Crippen LogP contribution in [0.4, 0.5) is 0 Å². The third-order valence-corrected chi connectivity index (χ3v) is 3.93. The largest absolute Gasteiger partial charge is 0.412 e. The van der Waals surface area contributed by atoms with Gasteiger partial charge in [-0.3, -0.25) is 4.72 Å². The second-order valence-corrected chi connectivity index (χ2v) is 5.31. The molecule has 0 aromatic heterocycles. The third kappa shape index (κ3) is 2.28. The van der Waals surface area contributed by atoms with Gasteiger partial charge in [-0.15, -0.1) is 0 Å².